The quantitative estimate of drug-likeness (QED) is 0.385. The zero-order chi connectivity index (χ0) is 21.5. The van der Waals surface area contributed by atoms with Crippen molar-refractivity contribution in [3.8, 4) is 0 Å². The molecule has 3 rings (SSSR count). The number of thioether (sulfide) groups is 1. The predicted molar refractivity (Wildman–Crippen MR) is 118 cm³/mol. The van der Waals surface area contributed by atoms with E-state index in [-0.39, 0.29) is 18.4 Å². The van der Waals surface area contributed by atoms with Gasteiger partial charge in [0, 0.05) is 23.5 Å². The minimum Gasteiger partial charge on any atom is -0.480 e. The second kappa shape index (κ2) is 10.5. The van der Waals surface area contributed by atoms with Crippen LogP contribution < -0.4 is 16.0 Å². The summed E-state index contributed by atoms with van der Waals surface area (Å²) in [6.45, 7) is 0.771. The average molecular weight is 433 g/mol. The van der Waals surface area contributed by atoms with Crippen molar-refractivity contribution >= 4 is 40.4 Å². The Morgan fingerprint density at radius 3 is 2.73 bits per heavy atom. The summed E-state index contributed by atoms with van der Waals surface area (Å²) in [4.78, 5) is 40.4. The molecule has 162 valence electrons. The largest absolute Gasteiger partial charge is 0.480 e. The number of hydrogen-bond acceptors (Lipinski definition) is 5. The van der Waals surface area contributed by atoms with Crippen molar-refractivity contribution in [3.63, 3.8) is 0 Å². The van der Waals surface area contributed by atoms with Crippen LogP contribution in [0.25, 0.3) is 10.9 Å². The number of benzene rings is 1. The van der Waals surface area contributed by atoms with Gasteiger partial charge < -0.3 is 26.0 Å². The maximum atomic E-state index is 13.0. The van der Waals surface area contributed by atoms with Crippen molar-refractivity contribution < 1.29 is 19.5 Å². The number of carboxylic acids is 1. The van der Waals surface area contributed by atoms with Gasteiger partial charge in [0.25, 0.3) is 0 Å². The fourth-order valence-electron chi connectivity index (χ4n) is 3.68. The number of aromatic nitrogens is 1. The average Bonchev–Trinajstić information content (AvgIpc) is 3.41. The molecule has 1 fully saturated rings. The van der Waals surface area contributed by atoms with E-state index in [2.05, 4.69) is 20.9 Å². The molecule has 2 aromatic rings. The first-order valence-corrected chi connectivity index (χ1v) is 11.5. The van der Waals surface area contributed by atoms with Crippen LogP contribution in [0.3, 0.4) is 0 Å². The zero-order valence-electron chi connectivity index (χ0n) is 16.9. The van der Waals surface area contributed by atoms with Crippen LogP contribution in [0.2, 0.25) is 0 Å². The molecule has 0 bridgehead atoms. The van der Waals surface area contributed by atoms with E-state index in [0.717, 1.165) is 35.9 Å². The van der Waals surface area contributed by atoms with Crippen LogP contribution in [0.4, 0.5) is 0 Å². The second-order valence-corrected chi connectivity index (χ2v) is 8.44. The third-order valence-corrected chi connectivity index (χ3v) is 5.98. The van der Waals surface area contributed by atoms with E-state index in [4.69, 9.17) is 0 Å². The van der Waals surface area contributed by atoms with Crippen molar-refractivity contribution in [1.29, 1.82) is 0 Å². The third-order valence-electron chi connectivity index (χ3n) is 5.33. The SMILES string of the molecule is CSCC[C@H](NC(=O)[C@H](Cc1c[nH]c2ccccc12)NC(=O)[C@@H]1CCCN1)C(=O)O. The molecule has 30 heavy (non-hydrogen) atoms. The van der Waals surface area contributed by atoms with Gasteiger partial charge in [-0.3, -0.25) is 9.59 Å². The lowest BCUT2D eigenvalue weighted by atomic mass is 10.0. The number of rotatable bonds is 10. The highest BCUT2D eigenvalue weighted by Crippen LogP contribution is 2.19. The van der Waals surface area contributed by atoms with Gasteiger partial charge in [-0.05, 0) is 49.4 Å². The summed E-state index contributed by atoms with van der Waals surface area (Å²) >= 11 is 1.52. The van der Waals surface area contributed by atoms with Crippen molar-refractivity contribution in [3.05, 3.63) is 36.0 Å². The van der Waals surface area contributed by atoms with Gasteiger partial charge in [0.15, 0.2) is 0 Å². The van der Waals surface area contributed by atoms with E-state index >= 15 is 0 Å². The Kier molecular flexibility index (Phi) is 7.75. The number of hydrogen-bond donors (Lipinski definition) is 5. The van der Waals surface area contributed by atoms with Gasteiger partial charge in [0.05, 0.1) is 6.04 Å². The molecule has 1 saturated heterocycles. The number of amides is 2. The summed E-state index contributed by atoms with van der Waals surface area (Å²) in [5.74, 6) is -1.18. The van der Waals surface area contributed by atoms with Crippen LogP contribution >= 0.6 is 11.8 Å². The topological polar surface area (TPSA) is 123 Å². The van der Waals surface area contributed by atoms with E-state index in [1.165, 1.54) is 11.8 Å². The molecule has 9 heteroatoms. The fraction of sp³-hybridized carbons (Fsp3) is 0.476. The molecular formula is C21H28N4O4S. The van der Waals surface area contributed by atoms with Gasteiger partial charge >= 0.3 is 5.97 Å². The molecule has 5 N–H and O–H groups in total. The predicted octanol–water partition coefficient (Wildman–Crippen LogP) is 1.27. The highest BCUT2D eigenvalue weighted by molar-refractivity contribution is 7.98. The fourth-order valence-corrected chi connectivity index (χ4v) is 4.15. The number of nitrogens with one attached hydrogen (secondary N) is 4. The smallest absolute Gasteiger partial charge is 0.326 e. The van der Waals surface area contributed by atoms with E-state index in [9.17, 15) is 19.5 Å². The highest BCUT2D eigenvalue weighted by Gasteiger charge is 2.30. The molecule has 1 aromatic heterocycles. The number of fused-ring (bicyclic) bond motifs is 1. The molecule has 0 unspecified atom stereocenters. The molecule has 2 heterocycles. The molecule has 3 atom stereocenters. The molecule has 2 amide bonds. The van der Waals surface area contributed by atoms with Crippen molar-refractivity contribution in [2.45, 2.75) is 43.8 Å². The Bertz CT molecular complexity index is 894. The molecule has 0 spiro atoms. The summed E-state index contributed by atoms with van der Waals surface area (Å²) in [5.41, 5.74) is 1.83. The Morgan fingerprint density at radius 1 is 1.23 bits per heavy atom. The first-order chi connectivity index (χ1) is 14.5. The summed E-state index contributed by atoms with van der Waals surface area (Å²) < 4.78 is 0. The highest BCUT2D eigenvalue weighted by atomic mass is 32.2. The third kappa shape index (κ3) is 5.54. The van der Waals surface area contributed by atoms with E-state index in [0.29, 0.717) is 12.2 Å². The van der Waals surface area contributed by atoms with Crippen LogP contribution in [-0.2, 0) is 20.8 Å². The molecule has 8 nitrogen and oxygen atoms in total. The number of H-pyrrole nitrogens is 1. The molecule has 0 saturated carbocycles. The van der Waals surface area contributed by atoms with Gasteiger partial charge in [0.2, 0.25) is 11.8 Å². The van der Waals surface area contributed by atoms with Crippen LogP contribution in [0.15, 0.2) is 30.5 Å². The van der Waals surface area contributed by atoms with E-state index < -0.39 is 24.0 Å². The molecule has 1 aromatic carbocycles. The Balaban J connectivity index is 1.77. The van der Waals surface area contributed by atoms with Gasteiger partial charge in [-0.25, -0.2) is 4.79 Å². The molecular weight excluding hydrogens is 404 g/mol. The van der Waals surface area contributed by atoms with Gasteiger partial charge in [-0.1, -0.05) is 18.2 Å². The Hall–Kier alpha value is -2.52. The lowest BCUT2D eigenvalue weighted by Gasteiger charge is -2.23. The first kappa shape index (κ1) is 22.2. The maximum absolute atomic E-state index is 13.0. The van der Waals surface area contributed by atoms with Crippen molar-refractivity contribution in [2.75, 3.05) is 18.6 Å². The maximum Gasteiger partial charge on any atom is 0.326 e. The number of aromatic amines is 1. The zero-order valence-corrected chi connectivity index (χ0v) is 17.8. The van der Waals surface area contributed by atoms with Gasteiger partial charge in [0.1, 0.15) is 12.1 Å². The van der Waals surface area contributed by atoms with Crippen molar-refractivity contribution in [1.82, 2.24) is 20.9 Å². The number of para-hydroxylation sites is 1. The monoisotopic (exact) mass is 432 g/mol. The van der Waals surface area contributed by atoms with Crippen LogP contribution in [0.1, 0.15) is 24.8 Å². The Morgan fingerprint density at radius 2 is 2.03 bits per heavy atom. The normalized spacial score (nSPS) is 18.1. The lowest BCUT2D eigenvalue weighted by Crippen LogP contribution is -2.55. The van der Waals surface area contributed by atoms with E-state index in [1.54, 1.807) is 0 Å². The summed E-state index contributed by atoms with van der Waals surface area (Å²) in [7, 11) is 0. The molecule has 1 aliphatic rings. The Labute approximate surface area is 179 Å². The van der Waals surface area contributed by atoms with Crippen molar-refractivity contribution in [2.24, 2.45) is 0 Å². The molecule has 0 radical (unpaired) electrons. The summed E-state index contributed by atoms with van der Waals surface area (Å²) in [6.07, 6.45) is 5.93. The molecule has 1 aliphatic heterocycles. The minimum atomic E-state index is -1.08. The van der Waals surface area contributed by atoms with E-state index in [1.807, 2.05) is 36.7 Å². The van der Waals surface area contributed by atoms with Crippen LogP contribution in [-0.4, -0.2) is 64.6 Å². The van der Waals surface area contributed by atoms with Gasteiger partial charge in [-0.15, -0.1) is 0 Å². The summed E-state index contributed by atoms with van der Waals surface area (Å²) in [5, 5.41) is 19.0. The first-order valence-electron chi connectivity index (χ1n) is 10.1. The minimum absolute atomic E-state index is 0.233. The number of carboxylic acid groups (broad SMARTS) is 1. The number of aliphatic carboxylic acids is 1. The number of carbonyl (C=O) groups is 3. The number of carbonyl (C=O) groups excluding carboxylic acids is 2. The van der Waals surface area contributed by atoms with Crippen LogP contribution in [0, 0.1) is 0 Å². The second-order valence-electron chi connectivity index (χ2n) is 7.45. The standard InChI is InChI=1S/C21H28N4O4S/c1-30-10-8-17(21(28)29)24-20(27)18(25-19(26)16-7-4-9-22-16)11-13-12-23-15-6-3-2-5-14(13)15/h2-3,5-6,12,16-18,22-23H,4,7-11H2,1H3,(H,24,27)(H,25,26)(H,28,29)/t16-,17-,18-/m0/s1. The van der Waals surface area contributed by atoms with Gasteiger partial charge in [-0.2, -0.15) is 11.8 Å². The van der Waals surface area contributed by atoms with Crippen LogP contribution in [0.5, 0.6) is 0 Å². The molecule has 0 aliphatic carbocycles. The summed E-state index contributed by atoms with van der Waals surface area (Å²) in [6, 6.07) is 5.55. The lowest BCUT2D eigenvalue weighted by molar-refractivity contribution is -0.142.